The molecule has 0 unspecified atom stereocenters. The highest BCUT2D eigenvalue weighted by molar-refractivity contribution is 5.48. The number of rotatable bonds is 16. The first kappa shape index (κ1) is 25.1. The number of carbonyl (C=O) groups is 1. The van der Waals surface area contributed by atoms with Gasteiger partial charge in [-0.15, -0.1) is 0 Å². The lowest BCUT2D eigenvalue weighted by Crippen LogP contribution is -2.07. The minimum absolute atomic E-state index is 0.164. The summed E-state index contributed by atoms with van der Waals surface area (Å²) < 4.78 is 0. The van der Waals surface area contributed by atoms with E-state index in [0.29, 0.717) is 19.3 Å². The standard InChI is InChI=1S/C18H27N3O7/c1-2-10-17(20(25)26)15-18(21(27)28)13-12-16(19(23)24)11-8-6-4-3-5-7-9-14-22/h10-11,13-14H,2-9,12,15H2,1H3/b16-11+,17-10+,18-13+. The van der Waals surface area contributed by atoms with Gasteiger partial charge in [-0.25, -0.2) is 0 Å². The van der Waals surface area contributed by atoms with Crippen LogP contribution in [-0.2, 0) is 4.79 Å². The fourth-order valence-corrected chi connectivity index (χ4v) is 2.47. The average Bonchev–Trinajstić information content (AvgIpc) is 2.63. The molecule has 10 heteroatoms. The van der Waals surface area contributed by atoms with Gasteiger partial charge in [0.15, 0.2) is 0 Å². The Bertz CT molecular complexity index is 639. The van der Waals surface area contributed by atoms with Crippen LogP contribution in [0.4, 0.5) is 0 Å². The summed E-state index contributed by atoms with van der Waals surface area (Å²) >= 11 is 0. The van der Waals surface area contributed by atoms with Crippen LogP contribution < -0.4 is 0 Å². The van der Waals surface area contributed by atoms with Gasteiger partial charge in [-0.05, 0) is 37.8 Å². The highest BCUT2D eigenvalue weighted by atomic mass is 16.6. The monoisotopic (exact) mass is 397 g/mol. The molecule has 156 valence electrons. The van der Waals surface area contributed by atoms with Crippen molar-refractivity contribution in [1.82, 2.24) is 0 Å². The predicted octanol–water partition coefficient (Wildman–Crippen LogP) is 4.59. The summed E-state index contributed by atoms with van der Waals surface area (Å²) in [5, 5.41) is 33.2. The maximum absolute atomic E-state index is 11.1. The number of hydrogen-bond donors (Lipinski definition) is 0. The van der Waals surface area contributed by atoms with E-state index in [1.54, 1.807) is 6.92 Å². The molecule has 0 saturated carbocycles. The van der Waals surface area contributed by atoms with Crippen LogP contribution in [0.25, 0.3) is 0 Å². The minimum atomic E-state index is -0.746. The maximum Gasteiger partial charge on any atom is 0.253 e. The van der Waals surface area contributed by atoms with Crippen molar-refractivity contribution in [2.45, 2.75) is 71.1 Å². The van der Waals surface area contributed by atoms with Crippen molar-refractivity contribution >= 4 is 6.29 Å². The van der Waals surface area contributed by atoms with Gasteiger partial charge in [0.1, 0.15) is 12.7 Å². The number of aldehydes is 1. The average molecular weight is 397 g/mol. The van der Waals surface area contributed by atoms with Crippen LogP contribution >= 0.6 is 0 Å². The normalized spacial score (nSPS) is 12.7. The van der Waals surface area contributed by atoms with E-state index in [1.165, 1.54) is 12.2 Å². The molecule has 0 aromatic rings. The van der Waals surface area contributed by atoms with Crippen molar-refractivity contribution in [3.8, 4) is 0 Å². The van der Waals surface area contributed by atoms with E-state index in [0.717, 1.165) is 44.5 Å². The Morgan fingerprint density at radius 2 is 1.21 bits per heavy atom. The highest BCUT2D eigenvalue weighted by Gasteiger charge is 2.22. The molecule has 0 atom stereocenters. The maximum atomic E-state index is 11.1. The van der Waals surface area contributed by atoms with Crippen molar-refractivity contribution in [1.29, 1.82) is 0 Å². The second-order valence-corrected chi connectivity index (χ2v) is 6.16. The summed E-state index contributed by atoms with van der Waals surface area (Å²) in [6, 6.07) is 0. The van der Waals surface area contributed by atoms with E-state index in [1.807, 2.05) is 0 Å². The second-order valence-electron chi connectivity index (χ2n) is 6.16. The van der Waals surface area contributed by atoms with Crippen LogP contribution in [0.5, 0.6) is 0 Å². The molecular weight excluding hydrogens is 370 g/mol. The van der Waals surface area contributed by atoms with Crippen LogP contribution in [0, 0.1) is 30.3 Å². The molecular formula is C18H27N3O7. The van der Waals surface area contributed by atoms with Gasteiger partial charge in [-0.2, -0.15) is 0 Å². The molecule has 0 aliphatic carbocycles. The van der Waals surface area contributed by atoms with Crippen LogP contribution in [-0.4, -0.2) is 21.1 Å². The van der Waals surface area contributed by atoms with Gasteiger partial charge in [0.05, 0.1) is 21.2 Å². The van der Waals surface area contributed by atoms with Crippen LogP contribution in [0.1, 0.15) is 71.1 Å². The summed E-state index contributed by atoms with van der Waals surface area (Å²) in [7, 11) is 0. The molecule has 0 aliphatic heterocycles. The molecule has 0 spiro atoms. The van der Waals surface area contributed by atoms with Crippen molar-refractivity contribution in [3.63, 3.8) is 0 Å². The van der Waals surface area contributed by atoms with E-state index in [9.17, 15) is 35.1 Å². The van der Waals surface area contributed by atoms with Gasteiger partial charge < -0.3 is 4.79 Å². The fraction of sp³-hybridized carbons (Fsp3) is 0.611. The third-order valence-electron chi connectivity index (χ3n) is 3.96. The van der Waals surface area contributed by atoms with Crippen molar-refractivity contribution in [2.24, 2.45) is 0 Å². The Kier molecular flexibility index (Phi) is 13.6. The SMILES string of the molecule is CC/C=C(\C/C(=C\C/C(=C\CCCCCCCC=O)[N+](=O)[O-])[N+](=O)[O-])[N+](=O)[O-]. The third kappa shape index (κ3) is 11.7. The molecule has 0 saturated heterocycles. The summed E-state index contributed by atoms with van der Waals surface area (Å²) in [5.41, 5.74) is -0.895. The van der Waals surface area contributed by atoms with Gasteiger partial charge in [0.25, 0.3) is 11.4 Å². The van der Waals surface area contributed by atoms with E-state index in [4.69, 9.17) is 0 Å². The summed E-state index contributed by atoms with van der Waals surface area (Å²) in [6.45, 7) is 1.68. The topological polar surface area (TPSA) is 146 Å². The quantitative estimate of drug-likeness (QED) is 0.160. The summed E-state index contributed by atoms with van der Waals surface area (Å²) in [4.78, 5) is 41.4. The molecule has 0 amide bonds. The van der Waals surface area contributed by atoms with Crippen LogP contribution in [0.2, 0.25) is 0 Å². The first-order valence-corrected chi connectivity index (χ1v) is 9.27. The number of unbranched alkanes of at least 4 members (excludes halogenated alkanes) is 6. The lowest BCUT2D eigenvalue weighted by atomic mass is 10.1. The van der Waals surface area contributed by atoms with Gasteiger partial charge in [0, 0.05) is 12.5 Å². The van der Waals surface area contributed by atoms with Crippen molar-refractivity contribution in [3.05, 3.63) is 65.7 Å². The Hall–Kier alpha value is -2.91. The number of carbonyl (C=O) groups excluding carboxylic acids is 1. The van der Waals surface area contributed by atoms with Crippen molar-refractivity contribution < 1.29 is 19.6 Å². The molecule has 0 aromatic carbocycles. The molecule has 28 heavy (non-hydrogen) atoms. The minimum Gasteiger partial charge on any atom is -0.303 e. The highest BCUT2D eigenvalue weighted by Crippen LogP contribution is 2.17. The van der Waals surface area contributed by atoms with E-state index in [-0.39, 0.29) is 17.8 Å². The molecule has 0 aliphatic rings. The van der Waals surface area contributed by atoms with Crippen LogP contribution in [0.3, 0.4) is 0 Å². The van der Waals surface area contributed by atoms with E-state index < -0.39 is 26.9 Å². The van der Waals surface area contributed by atoms with E-state index in [2.05, 4.69) is 0 Å². The van der Waals surface area contributed by atoms with Gasteiger partial charge in [-0.1, -0.05) is 26.2 Å². The Balaban J connectivity index is 4.82. The number of allylic oxidation sites excluding steroid dienone is 3. The fourth-order valence-electron chi connectivity index (χ4n) is 2.47. The lowest BCUT2D eigenvalue weighted by molar-refractivity contribution is -0.450. The smallest absolute Gasteiger partial charge is 0.253 e. The number of nitrogens with zero attached hydrogens (tertiary/aromatic N) is 3. The molecule has 0 N–H and O–H groups in total. The Labute approximate surface area is 163 Å². The lowest BCUT2D eigenvalue weighted by Gasteiger charge is -2.00. The largest absolute Gasteiger partial charge is 0.303 e. The van der Waals surface area contributed by atoms with E-state index >= 15 is 0 Å². The molecule has 0 bridgehead atoms. The summed E-state index contributed by atoms with van der Waals surface area (Å²) in [5.74, 6) is 0. The van der Waals surface area contributed by atoms with Gasteiger partial charge in [-0.3, -0.25) is 30.3 Å². The zero-order valence-corrected chi connectivity index (χ0v) is 16.1. The molecule has 0 aromatic heterocycles. The predicted molar refractivity (Wildman–Crippen MR) is 103 cm³/mol. The molecule has 10 nitrogen and oxygen atoms in total. The first-order valence-electron chi connectivity index (χ1n) is 9.27. The van der Waals surface area contributed by atoms with Crippen LogP contribution in [0.15, 0.2) is 35.3 Å². The molecule has 0 rings (SSSR count). The Morgan fingerprint density at radius 1 is 0.714 bits per heavy atom. The molecule has 0 fully saturated rings. The van der Waals surface area contributed by atoms with Crippen molar-refractivity contribution in [2.75, 3.05) is 0 Å². The molecule has 0 radical (unpaired) electrons. The summed E-state index contributed by atoms with van der Waals surface area (Å²) in [6.07, 6.45) is 9.64. The zero-order chi connectivity index (χ0) is 21.4. The first-order chi connectivity index (χ1) is 13.3. The van der Waals surface area contributed by atoms with Gasteiger partial charge in [0.2, 0.25) is 5.70 Å². The zero-order valence-electron chi connectivity index (χ0n) is 16.1. The van der Waals surface area contributed by atoms with Gasteiger partial charge >= 0.3 is 0 Å². The number of hydrogen-bond acceptors (Lipinski definition) is 7. The number of nitro groups is 3. The third-order valence-corrected chi connectivity index (χ3v) is 3.96. The second kappa shape index (κ2) is 15.2. The Morgan fingerprint density at radius 3 is 1.71 bits per heavy atom. The molecule has 0 heterocycles.